The van der Waals surface area contributed by atoms with Gasteiger partial charge in [-0.2, -0.15) is 0 Å². The molecule has 5 amide bonds. The Bertz CT molecular complexity index is 2250. The van der Waals surface area contributed by atoms with Gasteiger partial charge in [-0.15, -0.1) is 0 Å². The van der Waals surface area contributed by atoms with E-state index in [2.05, 4.69) is 26.6 Å². The van der Waals surface area contributed by atoms with E-state index in [4.69, 9.17) is 14.6 Å². The van der Waals surface area contributed by atoms with Crippen LogP contribution in [0.5, 0.6) is 0 Å². The lowest BCUT2D eigenvalue weighted by Gasteiger charge is -2.69. The van der Waals surface area contributed by atoms with Gasteiger partial charge in [-0.25, -0.2) is 14.4 Å². The molecule has 0 spiro atoms. The van der Waals surface area contributed by atoms with E-state index in [1.165, 1.54) is 0 Å². The molecule has 9 N–H and O–H groups in total. The molecule has 3 atom stereocenters. The highest BCUT2D eigenvalue weighted by Crippen LogP contribution is 2.67. The molecule has 72 heavy (non-hydrogen) atoms. The number of unbranched alkanes of at least 4 members (excludes halogenated alkanes) is 1. The highest BCUT2D eigenvalue weighted by molar-refractivity contribution is 5.94. The number of carboxylic acid groups (broad SMARTS) is 4. The highest BCUT2D eigenvalue weighted by Gasteiger charge is 2.72. The number of carbonyl (C=O) groups is 10. The van der Waals surface area contributed by atoms with Crippen LogP contribution in [0, 0.1) is 5.41 Å². The van der Waals surface area contributed by atoms with Gasteiger partial charge in [0.1, 0.15) is 31.6 Å². The zero-order valence-electron chi connectivity index (χ0n) is 40.0. The molecule has 25 nitrogen and oxygen atoms in total. The van der Waals surface area contributed by atoms with Gasteiger partial charge in [0.15, 0.2) is 0 Å². The van der Waals surface area contributed by atoms with Crippen LogP contribution in [-0.4, -0.2) is 210 Å². The van der Waals surface area contributed by atoms with Crippen molar-refractivity contribution in [3.8, 4) is 0 Å². The molecule has 4 aliphatic rings. The first-order chi connectivity index (χ1) is 34.4. The van der Waals surface area contributed by atoms with Gasteiger partial charge in [0.25, 0.3) is 12.9 Å². The topological polar surface area (TPSA) is 343 Å². The third-order valence-corrected chi connectivity index (χ3v) is 13.2. The average molecular weight is 1010 g/mol. The smallest absolute Gasteiger partial charge is 0.326 e. The summed E-state index contributed by atoms with van der Waals surface area (Å²) >= 11 is 0. The fraction of sp³-hybridized carbons (Fsp3) is 0.574. The molecular formula is C47H65N9O16. The van der Waals surface area contributed by atoms with Gasteiger partial charge in [-0.1, -0.05) is 42.5 Å². The minimum atomic E-state index is -1.55. The Balaban J connectivity index is 1.16. The van der Waals surface area contributed by atoms with Crippen molar-refractivity contribution in [2.45, 2.75) is 81.5 Å². The Kier molecular flexibility index (Phi) is 21.0. The number of fused-ring (bicyclic) bond motifs is 1. The van der Waals surface area contributed by atoms with Gasteiger partial charge >= 0.3 is 29.9 Å². The Hall–Kier alpha value is -6.96. The summed E-state index contributed by atoms with van der Waals surface area (Å²) < 4.78 is 9.98. The highest BCUT2D eigenvalue weighted by atomic mass is 16.5. The predicted octanol–water partition coefficient (Wildman–Crippen LogP) is -1.17. The van der Waals surface area contributed by atoms with Gasteiger partial charge in [0, 0.05) is 77.3 Å². The van der Waals surface area contributed by atoms with Crippen molar-refractivity contribution in [2.75, 3.05) is 85.5 Å². The van der Waals surface area contributed by atoms with Crippen molar-refractivity contribution in [3.05, 3.63) is 48.0 Å². The Morgan fingerprint density at radius 1 is 0.625 bits per heavy atom. The molecule has 0 radical (unpaired) electrons. The average Bonchev–Trinajstić information content (AvgIpc) is 3.30. The van der Waals surface area contributed by atoms with Crippen LogP contribution >= 0.6 is 0 Å². The summed E-state index contributed by atoms with van der Waals surface area (Å²) in [6, 6.07) is 8.35. The molecule has 25 heteroatoms. The number of carbonyl (C=O) groups excluding carboxylic acids is 6. The fourth-order valence-electron chi connectivity index (χ4n) is 9.39. The Morgan fingerprint density at radius 2 is 1.17 bits per heavy atom. The van der Waals surface area contributed by atoms with Crippen molar-refractivity contribution < 1.29 is 77.8 Å². The van der Waals surface area contributed by atoms with Crippen LogP contribution in [0.15, 0.2) is 42.5 Å². The van der Waals surface area contributed by atoms with E-state index in [1.807, 2.05) is 57.2 Å². The molecule has 6 rings (SSSR count). The van der Waals surface area contributed by atoms with E-state index in [-0.39, 0.29) is 70.6 Å². The number of amides is 5. The van der Waals surface area contributed by atoms with Crippen molar-refractivity contribution in [1.82, 2.24) is 46.2 Å². The number of urea groups is 1. The van der Waals surface area contributed by atoms with Gasteiger partial charge < -0.3 is 56.5 Å². The number of rotatable bonds is 28. The summed E-state index contributed by atoms with van der Waals surface area (Å²) in [6.07, 6.45) is 0.676. The quantitative estimate of drug-likeness (QED) is 0.0358. The number of benzene rings is 2. The summed E-state index contributed by atoms with van der Waals surface area (Å²) in [4.78, 5) is 129. The molecule has 394 valence electrons. The monoisotopic (exact) mass is 1010 g/mol. The first-order valence-electron chi connectivity index (χ1n) is 23.8. The number of aliphatic carboxylic acids is 4. The summed E-state index contributed by atoms with van der Waals surface area (Å²) in [5.41, 5.74) is -0.642. The largest absolute Gasteiger partial charge is 0.481 e. The van der Waals surface area contributed by atoms with Crippen molar-refractivity contribution in [2.24, 2.45) is 5.41 Å². The van der Waals surface area contributed by atoms with E-state index in [0.717, 1.165) is 16.3 Å². The zero-order valence-corrected chi connectivity index (χ0v) is 40.0. The van der Waals surface area contributed by atoms with Crippen LogP contribution < -0.4 is 26.6 Å². The molecule has 1 saturated heterocycles. The van der Waals surface area contributed by atoms with Crippen molar-refractivity contribution >= 4 is 71.3 Å². The molecule has 3 aliphatic carbocycles. The van der Waals surface area contributed by atoms with E-state index >= 15 is 0 Å². The maximum absolute atomic E-state index is 14.0. The van der Waals surface area contributed by atoms with Gasteiger partial charge in [-0.05, 0) is 61.3 Å². The summed E-state index contributed by atoms with van der Waals surface area (Å²) in [5.74, 6) is -6.25. The molecule has 2 bridgehead atoms. The van der Waals surface area contributed by atoms with Crippen LogP contribution in [0.1, 0.15) is 56.9 Å². The number of nitrogens with zero attached hydrogens (tertiary/aromatic N) is 4. The molecule has 2 aromatic carbocycles. The van der Waals surface area contributed by atoms with Crippen molar-refractivity contribution in [1.29, 1.82) is 0 Å². The minimum Gasteiger partial charge on any atom is -0.481 e. The maximum atomic E-state index is 14.0. The first kappa shape index (κ1) is 56.0. The second kappa shape index (κ2) is 27.0. The number of hydrogen-bond acceptors (Lipinski definition) is 16. The molecular weight excluding hydrogens is 947 g/mol. The molecule has 1 aliphatic heterocycles. The molecule has 3 saturated carbocycles. The third-order valence-electron chi connectivity index (χ3n) is 13.2. The molecule has 2 aromatic rings. The Labute approximate surface area is 414 Å². The number of hydrogen-bond donors (Lipinski definition) is 9. The molecule has 1 unspecified atom stereocenters. The van der Waals surface area contributed by atoms with Gasteiger partial charge in [0.2, 0.25) is 17.7 Å². The maximum Gasteiger partial charge on any atom is 0.326 e. The minimum absolute atomic E-state index is 0.0000738. The second-order valence-corrected chi connectivity index (χ2v) is 18.6. The second-order valence-electron chi connectivity index (χ2n) is 18.6. The van der Waals surface area contributed by atoms with Crippen LogP contribution in [0.2, 0.25) is 0 Å². The van der Waals surface area contributed by atoms with Crippen LogP contribution in [0.25, 0.3) is 10.8 Å². The van der Waals surface area contributed by atoms with Gasteiger partial charge in [-0.3, -0.25) is 53.2 Å². The lowest BCUT2D eigenvalue weighted by Crippen LogP contribution is -2.79. The predicted molar refractivity (Wildman–Crippen MR) is 253 cm³/mol. The molecule has 0 aromatic heterocycles. The fourth-order valence-corrected chi connectivity index (χ4v) is 9.39. The lowest BCUT2D eigenvalue weighted by atomic mass is 9.39. The van der Waals surface area contributed by atoms with Gasteiger partial charge in [0.05, 0.1) is 18.5 Å². The van der Waals surface area contributed by atoms with E-state index < -0.39 is 77.7 Å². The Morgan fingerprint density at radius 3 is 1.71 bits per heavy atom. The summed E-state index contributed by atoms with van der Waals surface area (Å²) in [6.45, 7) is 3.48. The zero-order chi connectivity index (χ0) is 52.3. The normalized spacial score (nSPS) is 21.0. The number of carboxylic acids is 4. The van der Waals surface area contributed by atoms with E-state index in [9.17, 15) is 63.3 Å². The first-order valence-corrected chi connectivity index (χ1v) is 23.8. The van der Waals surface area contributed by atoms with Crippen LogP contribution in [0.3, 0.4) is 0 Å². The standard InChI is InChI=1S/C47H65N9O16/c57-30-71-28-55-17-15-53(13-14-54(24-40(62)63)16-18-56(20-19-55)29-72-31-58)23-38(59)52-47-25-46(26-47,27-47)44(69)49-37(22-32-8-9-33-5-1-2-6-34(33)21-32)41(64)48-12-4-3-7-35(42(65)66)50-45(70)51-36(43(67)68)10-11-39(60)61/h1-2,5-6,8-9,21,30-31,35-37H,3-4,7,10-20,22-29H2,(H,48,64)(H,49,69)(H,52,59)(H,60,61)(H,62,63)(H,65,66)(H,67,68)(H2,50,51,70)/t35?,36-,37-,46?,47?/m0/s1. The number of ether oxygens (including phenoxy) is 2. The molecule has 4 fully saturated rings. The number of nitrogens with one attached hydrogen (secondary N) is 5. The van der Waals surface area contributed by atoms with E-state index in [0.29, 0.717) is 84.6 Å². The lowest BCUT2D eigenvalue weighted by molar-refractivity contribution is -0.184. The SMILES string of the molecule is O=COCN1CCN(COC=O)CCN(CC(=O)NC23CC(C(=O)N[C@@H](Cc4ccc5ccccc5c4)C(=O)NCCCCC(NC(=O)N[C@@H](CCC(=O)O)C(=O)O)C(=O)O)(C2)C3)CCN(CC(=O)O)CC1. The third kappa shape index (κ3) is 17.1. The van der Waals surface area contributed by atoms with Crippen LogP contribution in [0.4, 0.5) is 4.79 Å². The molecule has 1 heterocycles. The summed E-state index contributed by atoms with van der Waals surface area (Å²) in [7, 11) is 0. The van der Waals surface area contributed by atoms with Crippen molar-refractivity contribution in [3.63, 3.8) is 0 Å². The van der Waals surface area contributed by atoms with Crippen LogP contribution in [-0.2, 0) is 59.0 Å². The summed E-state index contributed by atoms with van der Waals surface area (Å²) in [5, 5.41) is 52.6. The van der Waals surface area contributed by atoms with E-state index in [1.54, 1.807) is 4.90 Å².